The lowest BCUT2D eigenvalue weighted by Crippen LogP contribution is -2.35. The summed E-state index contributed by atoms with van der Waals surface area (Å²) in [4.78, 5) is 16.9. The van der Waals surface area contributed by atoms with Crippen LogP contribution in [0.25, 0.3) is 10.9 Å². The molecule has 4 nitrogen and oxygen atoms in total. The topological polar surface area (TPSA) is 45.3 Å². The molecule has 1 aliphatic rings. The van der Waals surface area contributed by atoms with Gasteiger partial charge in [0.15, 0.2) is 0 Å². The lowest BCUT2D eigenvalue weighted by molar-refractivity contribution is -0.274. The summed E-state index contributed by atoms with van der Waals surface area (Å²) in [5.41, 5.74) is 6.90. The van der Waals surface area contributed by atoms with Crippen molar-refractivity contribution in [2.45, 2.75) is 64.8 Å². The van der Waals surface area contributed by atoms with E-state index in [-0.39, 0.29) is 11.8 Å². The van der Waals surface area contributed by atoms with Crippen LogP contribution >= 0.6 is 0 Å². The van der Waals surface area contributed by atoms with E-state index in [0.29, 0.717) is 24.8 Å². The Morgan fingerprint density at radius 1 is 1.12 bits per heavy atom. The number of nitrogens with zero attached hydrogens (tertiary/aromatic N) is 1. The summed E-state index contributed by atoms with van der Waals surface area (Å²) in [6.07, 6.45) is 3.25. The first-order valence-corrected chi connectivity index (χ1v) is 11.5. The van der Waals surface area contributed by atoms with E-state index in [1.807, 2.05) is 11.1 Å². The zero-order valence-corrected chi connectivity index (χ0v) is 19.0. The van der Waals surface area contributed by atoms with Crippen LogP contribution in [0.5, 0.6) is 5.75 Å². The van der Waals surface area contributed by atoms with E-state index in [2.05, 4.69) is 35.7 Å². The summed E-state index contributed by atoms with van der Waals surface area (Å²) in [6.45, 7) is 5.02. The van der Waals surface area contributed by atoms with Gasteiger partial charge in [-0.05, 0) is 78.1 Å². The predicted octanol–water partition coefficient (Wildman–Crippen LogP) is 6.27. The van der Waals surface area contributed by atoms with Crippen LogP contribution in [-0.2, 0) is 30.5 Å². The summed E-state index contributed by atoms with van der Waals surface area (Å²) >= 11 is 0. The van der Waals surface area contributed by atoms with Gasteiger partial charge in [-0.25, -0.2) is 0 Å². The first-order valence-electron chi connectivity index (χ1n) is 11.5. The van der Waals surface area contributed by atoms with Crippen molar-refractivity contribution in [2.75, 3.05) is 6.54 Å². The fraction of sp³-hybridized carbons (Fsp3) is 0.423. The molecule has 3 aromatic rings. The Balaban J connectivity index is 1.62. The third kappa shape index (κ3) is 5.02. The van der Waals surface area contributed by atoms with Gasteiger partial charge in [0.2, 0.25) is 6.41 Å². The van der Waals surface area contributed by atoms with Gasteiger partial charge in [-0.15, -0.1) is 13.2 Å². The summed E-state index contributed by atoms with van der Waals surface area (Å²) in [5.74, 6) is -0.232. The number of halogens is 3. The monoisotopic (exact) mass is 458 g/mol. The number of hydrogen-bond acceptors (Lipinski definition) is 2. The summed E-state index contributed by atoms with van der Waals surface area (Å²) in [7, 11) is 0. The van der Waals surface area contributed by atoms with Gasteiger partial charge in [0.25, 0.3) is 0 Å². The van der Waals surface area contributed by atoms with E-state index in [4.69, 9.17) is 0 Å². The fourth-order valence-corrected chi connectivity index (χ4v) is 5.00. The number of nitrogens with one attached hydrogen (secondary N) is 1. The Kier molecular flexibility index (Phi) is 6.68. The molecule has 0 aliphatic carbocycles. The van der Waals surface area contributed by atoms with Crippen molar-refractivity contribution in [1.82, 2.24) is 9.88 Å². The molecule has 2 heterocycles. The Morgan fingerprint density at radius 2 is 1.94 bits per heavy atom. The highest BCUT2D eigenvalue weighted by Gasteiger charge is 2.31. The van der Waals surface area contributed by atoms with Crippen molar-refractivity contribution in [2.24, 2.45) is 0 Å². The molecule has 176 valence electrons. The number of H-pyrrole nitrogens is 1. The average Bonchev–Trinajstić information content (AvgIpc) is 3.18. The van der Waals surface area contributed by atoms with Crippen LogP contribution in [0.15, 0.2) is 36.5 Å². The first-order chi connectivity index (χ1) is 15.8. The lowest BCUT2D eigenvalue weighted by Gasteiger charge is -2.36. The first kappa shape index (κ1) is 23.2. The summed E-state index contributed by atoms with van der Waals surface area (Å²) < 4.78 is 42.1. The molecule has 1 atom stereocenters. The highest BCUT2D eigenvalue weighted by Crippen LogP contribution is 2.36. The van der Waals surface area contributed by atoms with Crippen LogP contribution in [0.1, 0.15) is 60.5 Å². The quantitative estimate of drug-likeness (QED) is 0.405. The zero-order chi connectivity index (χ0) is 23.6. The Hall–Kier alpha value is -2.96. The van der Waals surface area contributed by atoms with Crippen molar-refractivity contribution in [3.8, 4) is 5.75 Å². The molecule has 0 radical (unpaired) electrons. The number of amides is 1. The van der Waals surface area contributed by atoms with E-state index < -0.39 is 6.36 Å². The van der Waals surface area contributed by atoms with Crippen molar-refractivity contribution < 1.29 is 22.7 Å². The fourth-order valence-electron chi connectivity index (χ4n) is 5.00. The van der Waals surface area contributed by atoms with Gasteiger partial charge in [0.1, 0.15) is 5.75 Å². The number of aryl methyl sites for hydroxylation is 3. The van der Waals surface area contributed by atoms with Crippen LogP contribution in [0, 0.1) is 0 Å². The molecule has 7 heteroatoms. The number of benzene rings is 2. The highest BCUT2D eigenvalue weighted by molar-refractivity contribution is 5.84. The van der Waals surface area contributed by atoms with Crippen LogP contribution in [0.4, 0.5) is 13.2 Å². The minimum absolute atomic E-state index is 0.0488. The zero-order valence-electron chi connectivity index (χ0n) is 19.0. The Labute approximate surface area is 191 Å². The van der Waals surface area contributed by atoms with E-state index in [9.17, 15) is 18.0 Å². The van der Waals surface area contributed by atoms with Crippen molar-refractivity contribution in [1.29, 1.82) is 0 Å². The van der Waals surface area contributed by atoms with Crippen LogP contribution in [0.2, 0.25) is 0 Å². The van der Waals surface area contributed by atoms with Crippen molar-refractivity contribution >= 4 is 17.3 Å². The molecule has 0 spiro atoms. The number of ether oxygens (including phenoxy) is 1. The van der Waals surface area contributed by atoms with Gasteiger partial charge in [0, 0.05) is 23.6 Å². The molecule has 1 aromatic heterocycles. The number of aromatic nitrogens is 1. The van der Waals surface area contributed by atoms with Gasteiger partial charge < -0.3 is 14.6 Å². The van der Waals surface area contributed by atoms with Gasteiger partial charge >= 0.3 is 6.36 Å². The molecule has 0 saturated carbocycles. The molecule has 2 aromatic carbocycles. The second-order valence-corrected chi connectivity index (χ2v) is 8.64. The standard InChI is InChI=1S/C26H29F3N2O2/c1-3-5-18-13-23-19(12-17(18)4-2)10-11-31(16-32)25(23)9-6-20-15-30-24-8-7-21(14-22(20)24)33-26(27,28)29/h7-8,12-16,25,30H,3-6,9-11H2,1-2H3. The molecule has 0 bridgehead atoms. The lowest BCUT2D eigenvalue weighted by atomic mass is 9.85. The molecule has 1 aliphatic heterocycles. The second kappa shape index (κ2) is 9.49. The maximum absolute atomic E-state index is 12.7. The maximum atomic E-state index is 12.7. The van der Waals surface area contributed by atoms with Gasteiger partial charge in [-0.1, -0.05) is 32.4 Å². The molecular formula is C26H29F3N2O2. The Bertz CT molecular complexity index is 1140. The van der Waals surface area contributed by atoms with Crippen molar-refractivity contribution in [3.63, 3.8) is 0 Å². The number of fused-ring (bicyclic) bond motifs is 2. The third-order valence-electron chi connectivity index (χ3n) is 6.56. The van der Waals surface area contributed by atoms with E-state index in [1.54, 1.807) is 6.07 Å². The third-order valence-corrected chi connectivity index (χ3v) is 6.56. The summed E-state index contributed by atoms with van der Waals surface area (Å²) in [6, 6.07) is 8.87. The van der Waals surface area contributed by atoms with Crippen LogP contribution in [0.3, 0.4) is 0 Å². The molecule has 4 rings (SSSR count). The van der Waals surface area contributed by atoms with E-state index in [0.717, 1.165) is 43.2 Å². The number of carbonyl (C=O) groups excluding carboxylic acids is 1. The normalized spacial score (nSPS) is 16.2. The predicted molar refractivity (Wildman–Crippen MR) is 122 cm³/mol. The maximum Gasteiger partial charge on any atom is 0.573 e. The minimum atomic E-state index is -4.73. The largest absolute Gasteiger partial charge is 0.573 e. The molecule has 1 N–H and O–H groups in total. The molecule has 1 amide bonds. The molecule has 0 saturated heterocycles. The number of hydrogen-bond donors (Lipinski definition) is 1. The Morgan fingerprint density at radius 3 is 2.64 bits per heavy atom. The number of rotatable bonds is 8. The number of aromatic amines is 1. The highest BCUT2D eigenvalue weighted by atomic mass is 19.4. The van der Waals surface area contributed by atoms with Crippen LogP contribution in [-0.4, -0.2) is 29.2 Å². The SMILES string of the molecule is CCCc1cc2c(cc1CC)CCN(C=O)C2CCc1c[nH]c2ccc(OC(F)(F)F)cc12. The van der Waals surface area contributed by atoms with Gasteiger partial charge in [-0.2, -0.15) is 0 Å². The molecule has 1 unspecified atom stereocenters. The summed E-state index contributed by atoms with van der Waals surface area (Å²) in [5, 5.41) is 0.707. The van der Waals surface area contributed by atoms with Gasteiger partial charge in [0.05, 0.1) is 6.04 Å². The number of alkyl halides is 3. The molecule has 0 fully saturated rings. The van der Waals surface area contributed by atoms with E-state index >= 15 is 0 Å². The van der Waals surface area contributed by atoms with E-state index in [1.165, 1.54) is 34.4 Å². The molecular weight excluding hydrogens is 429 g/mol. The van der Waals surface area contributed by atoms with Crippen molar-refractivity contribution in [3.05, 3.63) is 64.3 Å². The number of carbonyl (C=O) groups is 1. The smallest absolute Gasteiger partial charge is 0.406 e. The average molecular weight is 459 g/mol. The van der Waals surface area contributed by atoms with Gasteiger partial charge in [-0.3, -0.25) is 4.79 Å². The second-order valence-electron chi connectivity index (χ2n) is 8.64. The molecule has 33 heavy (non-hydrogen) atoms. The van der Waals surface area contributed by atoms with Crippen LogP contribution < -0.4 is 4.74 Å². The minimum Gasteiger partial charge on any atom is -0.406 e.